The lowest BCUT2D eigenvalue weighted by Gasteiger charge is -2.20. The number of nitrogens with zero attached hydrogens (tertiary/aromatic N) is 1. The van der Waals surface area contributed by atoms with Gasteiger partial charge in [0, 0.05) is 24.4 Å². The van der Waals surface area contributed by atoms with Crippen LogP contribution in [0.5, 0.6) is 0 Å². The molecule has 1 aromatic rings. The van der Waals surface area contributed by atoms with E-state index in [0.29, 0.717) is 5.56 Å². The van der Waals surface area contributed by atoms with Crippen LogP contribution in [0.15, 0.2) is 24.3 Å². The Balaban J connectivity index is 2.53. The molecule has 0 heterocycles. The molecular weight excluding hydrogens is 286 g/mol. The van der Waals surface area contributed by atoms with Crippen molar-refractivity contribution in [1.82, 2.24) is 4.90 Å². The van der Waals surface area contributed by atoms with Crippen LogP contribution >= 0.6 is 35.6 Å². The van der Waals surface area contributed by atoms with Gasteiger partial charge in [-0.05, 0) is 43.1 Å². The van der Waals surface area contributed by atoms with Crippen LogP contribution in [-0.4, -0.2) is 27.6 Å². The van der Waals surface area contributed by atoms with Gasteiger partial charge < -0.3 is 4.90 Å². The summed E-state index contributed by atoms with van der Waals surface area (Å²) in [6, 6.07) is 7.30. The molecule has 0 aliphatic carbocycles. The summed E-state index contributed by atoms with van der Waals surface area (Å²) >= 11 is 12.4. The molecule has 0 radical (unpaired) electrons. The molecule has 2 nitrogen and oxygen atoms in total. The highest BCUT2D eigenvalue weighted by Gasteiger charge is 2.06. The molecule has 5 heteroatoms. The fraction of sp³-hybridized carbons (Fsp3) is 0.385. The molecule has 0 saturated heterocycles. The summed E-state index contributed by atoms with van der Waals surface area (Å²) in [6.07, 6.45) is 0. The third kappa shape index (κ3) is 4.59. The monoisotopic (exact) mass is 301 g/mol. The molecule has 0 amide bonds. The van der Waals surface area contributed by atoms with E-state index in [1.807, 2.05) is 12.1 Å². The number of carbonyl (C=O) groups is 1. The number of rotatable bonds is 5. The van der Waals surface area contributed by atoms with Crippen molar-refractivity contribution in [1.29, 1.82) is 0 Å². The summed E-state index contributed by atoms with van der Waals surface area (Å²) in [4.78, 5) is 13.1. The molecule has 0 saturated carbocycles. The first-order chi connectivity index (χ1) is 8.58. The van der Waals surface area contributed by atoms with E-state index in [1.165, 1.54) is 0 Å². The van der Waals surface area contributed by atoms with Crippen molar-refractivity contribution in [3.8, 4) is 0 Å². The maximum atomic E-state index is 10.9. The lowest BCUT2D eigenvalue weighted by atomic mass is 10.2. The van der Waals surface area contributed by atoms with Gasteiger partial charge in [0.15, 0.2) is 0 Å². The van der Waals surface area contributed by atoms with Gasteiger partial charge >= 0.3 is 0 Å². The van der Waals surface area contributed by atoms with Crippen LogP contribution in [0.25, 0.3) is 0 Å². The minimum atomic E-state index is -0.423. The summed E-state index contributed by atoms with van der Waals surface area (Å²) in [7, 11) is 0. The average molecular weight is 302 g/mol. The van der Waals surface area contributed by atoms with Crippen LogP contribution < -0.4 is 0 Å². The Morgan fingerprint density at radius 2 is 1.83 bits per heavy atom. The molecule has 0 aromatic heterocycles. The molecule has 1 rings (SSSR count). The topological polar surface area (TPSA) is 20.3 Å². The van der Waals surface area contributed by atoms with Gasteiger partial charge in [-0.25, -0.2) is 0 Å². The van der Waals surface area contributed by atoms with Gasteiger partial charge in [-0.15, -0.1) is 0 Å². The molecule has 98 valence electrons. The zero-order chi connectivity index (χ0) is 13.5. The SMILES string of the molecule is CCN(CC)C(=S)SCc1ccc(C(=O)Cl)cc1. The van der Waals surface area contributed by atoms with Gasteiger partial charge in [0.2, 0.25) is 0 Å². The highest BCUT2D eigenvalue weighted by Crippen LogP contribution is 2.17. The minimum absolute atomic E-state index is 0.423. The van der Waals surface area contributed by atoms with Crippen molar-refractivity contribution in [3.05, 3.63) is 35.4 Å². The van der Waals surface area contributed by atoms with Crippen LogP contribution in [0.3, 0.4) is 0 Å². The Morgan fingerprint density at radius 3 is 2.28 bits per heavy atom. The van der Waals surface area contributed by atoms with Crippen molar-refractivity contribution in [3.63, 3.8) is 0 Å². The predicted octanol–water partition coefficient (Wildman–Crippen LogP) is 3.93. The van der Waals surface area contributed by atoms with E-state index in [-0.39, 0.29) is 0 Å². The average Bonchev–Trinajstić information content (AvgIpc) is 2.38. The Hall–Kier alpha value is -0.580. The Labute approximate surface area is 123 Å². The third-order valence-corrected chi connectivity index (χ3v) is 4.38. The van der Waals surface area contributed by atoms with Gasteiger partial charge in [-0.1, -0.05) is 36.1 Å². The lowest BCUT2D eigenvalue weighted by molar-refractivity contribution is 0.108. The molecule has 18 heavy (non-hydrogen) atoms. The molecular formula is C13H16ClNOS2. The van der Waals surface area contributed by atoms with Crippen molar-refractivity contribution >= 4 is 45.1 Å². The lowest BCUT2D eigenvalue weighted by Crippen LogP contribution is -2.26. The van der Waals surface area contributed by atoms with E-state index in [1.54, 1.807) is 23.9 Å². The maximum absolute atomic E-state index is 10.9. The Morgan fingerprint density at radius 1 is 1.28 bits per heavy atom. The number of halogens is 1. The molecule has 0 atom stereocenters. The van der Waals surface area contributed by atoms with Gasteiger partial charge in [-0.2, -0.15) is 0 Å². The molecule has 0 unspecified atom stereocenters. The number of benzene rings is 1. The largest absolute Gasteiger partial charge is 0.358 e. The molecule has 0 spiro atoms. The van der Waals surface area contributed by atoms with Crippen molar-refractivity contribution in [2.45, 2.75) is 19.6 Å². The van der Waals surface area contributed by atoms with Gasteiger partial charge in [-0.3, -0.25) is 4.79 Å². The second-order valence-electron chi connectivity index (χ2n) is 3.70. The minimum Gasteiger partial charge on any atom is -0.358 e. The number of thioether (sulfide) groups is 1. The van der Waals surface area contributed by atoms with Crippen LogP contribution in [0.1, 0.15) is 29.8 Å². The highest BCUT2D eigenvalue weighted by molar-refractivity contribution is 8.22. The number of hydrogen-bond donors (Lipinski definition) is 0. The van der Waals surface area contributed by atoms with E-state index in [2.05, 4.69) is 18.7 Å². The smallest absolute Gasteiger partial charge is 0.252 e. The first-order valence-corrected chi connectivity index (χ1v) is 7.56. The normalized spacial score (nSPS) is 10.2. The van der Waals surface area contributed by atoms with Crippen LogP contribution in [0.2, 0.25) is 0 Å². The maximum Gasteiger partial charge on any atom is 0.252 e. The Bertz CT molecular complexity index is 416. The van der Waals surface area contributed by atoms with Crippen LogP contribution in [0, 0.1) is 0 Å². The zero-order valence-electron chi connectivity index (χ0n) is 10.5. The molecule has 0 bridgehead atoms. The van der Waals surface area contributed by atoms with Crippen molar-refractivity contribution in [2.24, 2.45) is 0 Å². The highest BCUT2D eigenvalue weighted by atomic mass is 35.5. The molecule has 0 fully saturated rings. The van der Waals surface area contributed by atoms with Gasteiger partial charge in [0.25, 0.3) is 5.24 Å². The summed E-state index contributed by atoms with van der Waals surface area (Å²) in [5.41, 5.74) is 1.66. The van der Waals surface area contributed by atoms with E-state index in [0.717, 1.165) is 28.7 Å². The van der Waals surface area contributed by atoms with Crippen molar-refractivity contribution in [2.75, 3.05) is 13.1 Å². The third-order valence-electron chi connectivity index (χ3n) is 2.56. The van der Waals surface area contributed by atoms with Crippen molar-refractivity contribution < 1.29 is 4.79 Å². The number of thiocarbonyl (C=S) groups is 1. The number of hydrogen-bond acceptors (Lipinski definition) is 3. The standard InChI is InChI=1S/C13H16ClNOS2/c1-3-15(4-2)13(17)18-9-10-5-7-11(8-6-10)12(14)16/h5-8H,3-4,9H2,1-2H3. The van der Waals surface area contributed by atoms with Gasteiger partial charge in [0.1, 0.15) is 4.32 Å². The summed E-state index contributed by atoms with van der Waals surface area (Å²) in [5.74, 6) is 0.812. The summed E-state index contributed by atoms with van der Waals surface area (Å²) < 4.78 is 0.914. The Kier molecular flexibility index (Phi) is 6.68. The zero-order valence-corrected chi connectivity index (χ0v) is 12.9. The fourth-order valence-electron chi connectivity index (χ4n) is 1.45. The van der Waals surface area contributed by atoms with Crippen LogP contribution in [-0.2, 0) is 5.75 Å². The first kappa shape index (κ1) is 15.5. The summed E-state index contributed by atoms with van der Waals surface area (Å²) in [5, 5.41) is -0.423. The quantitative estimate of drug-likeness (QED) is 0.606. The molecule has 1 aromatic carbocycles. The number of carbonyl (C=O) groups excluding carboxylic acids is 1. The van der Waals surface area contributed by atoms with E-state index >= 15 is 0 Å². The second kappa shape index (κ2) is 7.77. The predicted molar refractivity (Wildman–Crippen MR) is 83.4 cm³/mol. The van der Waals surface area contributed by atoms with E-state index < -0.39 is 5.24 Å². The molecule has 0 N–H and O–H groups in total. The second-order valence-corrected chi connectivity index (χ2v) is 5.65. The fourth-order valence-corrected chi connectivity index (χ4v) is 2.93. The van der Waals surface area contributed by atoms with E-state index in [4.69, 9.17) is 23.8 Å². The summed E-state index contributed by atoms with van der Waals surface area (Å²) in [6.45, 7) is 6.05. The van der Waals surface area contributed by atoms with Crippen LogP contribution in [0.4, 0.5) is 0 Å². The van der Waals surface area contributed by atoms with Gasteiger partial charge in [0.05, 0.1) is 0 Å². The van der Waals surface area contributed by atoms with E-state index in [9.17, 15) is 4.79 Å². The molecule has 0 aliphatic rings. The first-order valence-electron chi connectivity index (χ1n) is 5.79. The molecule has 0 aliphatic heterocycles.